The first kappa shape index (κ1) is 10.6. The highest BCUT2D eigenvalue weighted by Crippen LogP contribution is 2.30. The Morgan fingerprint density at radius 3 is 2.71 bits per heavy atom. The molecule has 0 aliphatic carbocycles. The Morgan fingerprint density at radius 2 is 2.06 bits per heavy atom. The zero-order valence-corrected chi connectivity index (χ0v) is 10.2. The van der Waals surface area contributed by atoms with Gasteiger partial charge in [-0.1, -0.05) is 19.1 Å². The molecule has 90 valence electrons. The zero-order chi connectivity index (χ0) is 12.0. The summed E-state index contributed by atoms with van der Waals surface area (Å²) in [7, 11) is 2.02. The largest absolute Gasteiger partial charge is 0.386 e. The lowest BCUT2D eigenvalue weighted by Gasteiger charge is -2.46. The minimum Gasteiger partial charge on any atom is -0.386 e. The summed E-state index contributed by atoms with van der Waals surface area (Å²) in [6.07, 6.45) is 0.799. The molecule has 2 aromatic rings. The topological polar surface area (TPSA) is 41.3 Å². The molecule has 1 fully saturated rings. The second kappa shape index (κ2) is 3.47. The van der Waals surface area contributed by atoms with E-state index in [0.717, 1.165) is 23.4 Å². The number of β-amino-alcohol motifs (C(OH)–C–C–N with tert-alkyl or cyclic N) is 1. The van der Waals surface area contributed by atoms with Crippen molar-refractivity contribution in [1.29, 1.82) is 0 Å². The predicted octanol–water partition coefficient (Wildman–Crippen LogP) is 1.53. The fraction of sp³-hybridized carbons (Fsp3) is 0.462. The number of para-hydroxylation sites is 2. The second-order valence-electron chi connectivity index (χ2n) is 4.89. The van der Waals surface area contributed by atoms with Gasteiger partial charge in [0.25, 0.3) is 0 Å². The maximum absolute atomic E-state index is 10.0. The van der Waals surface area contributed by atoms with Gasteiger partial charge in [-0.05, 0) is 18.6 Å². The van der Waals surface area contributed by atoms with Crippen LogP contribution >= 0.6 is 0 Å². The van der Waals surface area contributed by atoms with E-state index < -0.39 is 5.60 Å². The van der Waals surface area contributed by atoms with Gasteiger partial charge in [0.05, 0.1) is 29.7 Å². The third-order valence-corrected chi connectivity index (χ3v) is 3.67. The lowest BCUT2D eigenvalue weighted by atomic mass is 9.92. The van der Waals surface area contributed by atoms with Crippen molar-refractivity contribution in [2.75, 3.05) is 18.0 Å². The number of aryl methyl sites for hydroxylation is 1. The zero-order valence-electron chi connectivity index (χ0n) is 10.2. The van der Waals surface area contributed by atoms with Gasteiger partial charge in [0.2, 0.25) is 5.95 Å². The first-order valence-electron chi connectivity index (χ1n) is 6.02. The molecule has 0 bridgehead atoms. The van der Waals surface area contributed by atoms with Gasteiger partial charge in [-0.3, -0.25) is 0 Å². The summed E-state index contributed by atoms with van der Waals surface area (Å²) in [4.78, 5) is 6.74. The molecule has 1 saturated heterocycles. The van der Waals surface area contributed by atoms with Crippen LogP contribution in [0.15, 0.2) is 24.3 Å². The second-order valence-corrected chi connectivity index (χ2v) is 4.89. The van der Waals surface area contributed by atoms with Gasteiger partial charge < -0.3 is 14.6 Å². The SMILES string of the molecule is CCC1(O)CN(c2nc3ccccc3n2C)C1. The molecule has 4 nitrogen and oxygen atoms in total. The highest BCUT2D eigenvalue weighted by atomic mass is 16.3. The van der Waals surface area contributed by atoms with E-state index in [9.17, 15) is 5.11 Å². The highest BCUT2D eigenvalue weighted by molar-refractivity contribution is 5.78. The van der Waals surface area contributed by atoms with E-state index in [1.807, 2.05) is 32.2 Å². The smallest absolute Gasteiger partial charge is 0.206 e. The number of benzene rings is 1. The number of aromatic nitrogens is 2. The Morgan fingerprint density at radius 1 is 1.35 bits per heavy atom. The summed E-state index contributed by atoms with van der Waals surface area (Å²) in [6.45, 7) is 3.38. The summed E-state index contributed by atoms with van der Waals surface area (Å²) in [5, 5.41) is 10.0. The number of hydrogen-bond acceptors (Lipinski definition) is 3. The molecule has 1 aliphatic heterocycles. The van der Waals surface area contributed by atoms with Gasteiger partial charge in [0.15, 0.2) is 0 Å². The Hall–Kier alpha value is -1.55. The van der Waals surface area contributed by atoms with E-state index in [1.54, 1.807) is 0 Å². The van der Waals surface area contributed by atoms with Crippen LogP contribution < -0.4 is 4.90 Å². The maximum Gasteiger partial charge on any atom is 0.206 e. The quantitative estimate of drug-likeness (QED) is 0.852. The summed E-state index contributed by atoms with van der Waals surface area (Å²) in [6, 6.07) is 8.10. The molecule has 4 heteroatoms. The molecule has 0 saturated carbocycles. The predicted molar refractivity (Wildman–Crippen MR) is 68.2 cm³/mol. The van der Waals surface area contributed by atoms with Gasteiger partial charge in [-0.25, -0.2) is 4.98 Å². The molecular formula is C13H17N3O. The Labute approximate surface area is 100 Å². The summed E-state index contributed by atoms with van der Waals surface area (Å²) in [5.41, 5.74) is 1.63. The van der Waals surface area contributed by atoms with Crippen LogP contribution in [0.25, 0.3) is 11.0 Å². The Kier molecular flexibility index (Phi) is 2.16. The molecule has 0 radical (unpaired) electrons. The lowest BCUT2D eigenvalue weighted by Crippen LogP contribution is -2.62. The van der Waals surface area contributed by atoms with Gasteiger partial charge in [-0.15, -0.1) is 0 Å². The summed E-state index contributed by atoms with van der Waals surface area (Å²) >= 11 is 0. The summed E-state index contributed by atoms with van der Waals surface area (Å²) in [5.74, 6) is 0.948. The maximum atomic E-state index is 10.0. The van der Waals surface area contributed by atoms with Crippen LogP contribution in [-0.4, -0.2) is 33.3 Å². The molecule has 0 spiro atoms. The Bertz CT molecular complexity index is 555. The average Bonchev–Trinajstić information content (AvgIpc) is 2.63. The molecule has 1 aromatic heterocycles. The van der Waals surface area contributed by atoms with Crippen molar-refractivity contribution in [2.24, 2.45) is 7.05 Å². The van der Waals surface area contributed by atoms with Crippen LogP contribution in [0.3, 0.4) is 0 Å². The number of hydrogen-bond donors (Lipinski definition) is 1. The average molecular weight is 231 g/mol. The molecule has 17 heavy (non-hydrogen) atoms. The van der Waals surface area contributed by atoms with E-state index >= 15 is 0 Å². The van der Waals surface area contributed by atoms with Gasteiger partial charge in [0.1, 0.15) is 0 Å². The summed E-state index contributed by atoms with van der Waals surface area (Å²) < 4.78 is 2.09. The molecule has 1 aliphatic rings. The fourth-order valence-corrected chi connectivity index (χ4v) is 2.44. The molecule has 2 heterocycles. The van der Waals surface area contributed by atoms with Crippen molar-refractivity contribution in [1.82, 2.24) is 9.55 Å². The third-order valence-electron chi connectivity index (χ3n) is 3.67. The van der Waals surface area contributed by atoms with Crippen LogP contribution in [0, 0.1) is 0 Å². The van der Waals surface area contributed by atoms with Crippen molar-refractivity contribution in [3.05, 3.63) is 24.3 Å². The van der Waals surface area contributed by atoms with Crippen molar-refractivity contribution >= 4 is 17.0 Å². The number of fused-ring (bicyclic) bond motifs is 1. The molecule has 0 unspecified atom stereocenters. The highest BCUT2D eigenvalue weighted by Gasteiger charge is 2.41. The van der Waals surface area contributed by atoms with E-state index in [0.29, 0.717) is 13.1 Å². The normalized spacial score (nSPS) is 18.4. The minimum atomic E-state index is -0.516. The molecule has 3 rings (SSSR count). The first-order chi connectivity index (χ1) is 8.13. The van der Waals surface area contributed by atoms with E-state index in [2.05, 4.69) is 20.5 Å². The molecule has 1 aromatic carbocycles. The van der Waals surface area contributed by atoms with E-state index in [4.69, 9.17) is 0 Å². The number of nitrogens with zero attached hydrogens (tertiary/aromatic N) is 3. The van der Waals surface area contributed by atoms with Gasteiger partial charge in [-0.2, -0.15) is 0 Å². The van der Waals surface area contributed by atoms with Crippen molar-refractivity contribution in [3.8, 4) is 0 Å². The number of rotatable bonds is 2. The number of imidazole rings is 1. The van der Waals surface area contributed by atoms with Crippen LogP contribution in [0.5, 0.6) is 0 Å². The van der Waals surface area contributed by atoms with Crippen molar-refractivity contribution < 1.29 is 5.11 Å². The number of aliphatic hydroxyl groups is 1. The third kappa shape index (κ3) is 1.52. The number of anilines is 1. The fourth-order valence-electron chi connectivity index (χ4n) is 2.44. The van der Waals surface area contributed by atoms with E-state index in [1.165, 1.54) is 0 Å². The van der Waals surface area contributed by atoms with Crippen LogP contribution in [0.2, 0.25) is 0 Å². The Balaban J connectivity index is 1.95. The monoisotopic (exact) mass is 231 g/mol. The molecule has 1 N–H and O–H groups in total. The van der Waals surface area contributed by atoms with Crippen LogP contribution in [0.4, 0.5) is 5.95 Å². The van der Waals surface area contributed by atoms with Crippen molar-refractivity contribution in [3.63, 3.8) is 0 Å². The van der Waals surface area contributed by atoms with Gasteiger partial charge >= 0.3 is 0 Å². The van der Waals surface area contributed by atoms with Gasteiger partial charge in [0, 0.05) is 7.05 Å². The molecule has 0 amide bonds. The standard InChI is InChI=1S/C13H17N3O/c1-3-13(17)8-16(9-13)12-14-10-6-4-5-7-11(10)15(12)2/h4-7,17H,3,8-9H2,1-2H3. The molecule has 0 atom stereocenters. The van der Waals surface area contributed by atoms with Crippen LogP contribution in [0.1, 0.15) is 13.3 Å². The minimum absolute atomic E-state index is 0.516. The van der Waals surface area contributed by atoms with E-state index in [-0.39, 0.29) is 0 Å². The lowest BCUT2D eigenvalue weighted by molar-refractivity contribution is 0.00735. The first-order valence-corrected chi connectivity index (χ1v) is 6.02. The molecular weight excluding hydrogens is 214 g/mol. The van der Waals surface area contributed by atoms with Crippen LogP contribution in [-0.2, 0) is 7.05 Å². The van der Waals surface area contributed by atoms with Crippen molar-refractivity contribution in [2.45, 2.75) is 18.9 Å².